The molecular weight excluding hydrogens is 184 g/mol. The average Bonchev–Trinajstić information content (AvgIpc) is 2.54. The fraction of sp³-hybridized carbons (Fsp3) is 0.667. The highest BCUT2D eigenvalue weighted by atomic mass is 32.1. The Hall–Kier alpha value is -0.450. The third-order valence-electron chi connectivity index (χ3n) is 1.78. The van der Waals surface area contributed by atoms with E-state index < -0.39 is 0 Å². The molecule has 0 saturated heterocycles. The van der Waals surface area contributed by atoms with E-state index >= 15 is 0 Å². The predicted octanol–water partition coefficient (Wildman–Crippen LogP) is 0.830. The van der Waals surface area contributed by atoms with Crippen molar-refractivity contribution in [3.05, 3.63) is 16.1 Å². The Balaban J connectivity index is 2.31. The van der Waals surface area contributed by atoms with E-state index in [-0.39, 0.29) is 6.61 Å². The molecule has 74 valence electrons. The Labute approximate surface area is 82.8 Å². The molecule has 0 amide bonds. The van der Waals surface area contributed by atoms with Gasteiger partial charge < -0.3 is 10.4 Å². The van der Waals surface area contributed by atoms with Crippen LogP contribution in [0, 0.1) is 0 Å². The topological polar surface area (TPSA) is 45.1 Å². The largest absolute Gasteiger partial charge is 0.396 e. The van der Waals surface area contributed by atoms with Gasteiger partial charge in [-0.2, -0.15) is 0 Å². The van der Waals surface area contributed by atoms with Crippen molar-refractivity contribution < 1.29 is 5.11 Å². The highest BCUT2D eigenvalue weighted by Crippen LogP contribution is 2.11. The Morgan fingerprint density at radius 1 is 1.54 bits per heavy atom. The lowest BCUT2D eigenvalue weighted by Gasteiger charge is -1.95. The molecule has 1 heterocycles. The number of aliphatic hydroxyl groups is 1. The van der Waals surface area contributed by atoms with Gasteiger partial charge in [-0.1, -0.05) is 0 Å². The summed E-state index contributed by atoms with van der Waals surface area (Å²) in [6, 6.07) is 0. The molecule has 0 aliphatic rings. The normalized spacial score (nSPS) is 10.6. The molecule has 3 nitrogen and oxygen atoms in total. The van der Waals surface area contributed by atoms with Gasteiger partial charge in [0.2, 0.25) is 0 Å². The molecule has 0 atom stereocenters. The van der Waals surface area contributed by atoms with Crippen LogP contribution in [0.25, 0.3) is 0 Å². The summed E-state index contributed by atoms with van der Waals surface area (Å²) in [5.74, 6) is 0. The van der Waals surface area contributed by atoms with Gasteiger partial charge in [0, 0.05) is 18.4 Å². The van der Waals surface area contributed by atoms with Gasteiger partial charge in [-0.25, -0.2) is 4.98 Å². The SMILES string of the molecule is CNCCCc1csc(CCO)n1. The Kier molecular flexibility index (Phi) is 4.97. The number of nitrogens with zero attached hydrogens (tertiary/aromatic N) is 1. The zero-order valence-electron chi connectivity index (χ0n) is 7.92. The maximum atomic E-state index is 8.70. The first-order chi connectivity index (χ1) is 6.36. The van der Waals surface area contributed by atoms with E-state index in [9.17, 15) is 0 Å². The molecule has 0 bridgehead atoms. The minimum Gasteiger partial charge on any atom is -0.396 e. The molecule has 0 radical (unpaired) electrons. The second-order valence-electron chi connectivity index (χ2n) is 2.91. The fourth-order valence-corrected chi connectivity index (χ4v) is 1.94. The number of thiazole rings is 1. The molecule has 0 saturated carbocycles. The van der Waals surface area contributed by atoms with E-state index in [2.05, 4.69) is 15.7 Å². The first-order valence-electron chi connectivity index (χ1n) is 4.55. The Bertz CT molecular complexity index is 237. The number of rotatable bonds is 6. The Morgan fingerprint density at radius 3 is 3.08 bits per heavy atom. The summed E-state index contributed by atoms with van der Waals surface area (Å²) >= 11 is 1.64. The van der Waals surface area contributed by atoms with Gasteiger partial charge in [0.05, 0.1) is 10.7 Å². The molecule has 13 heavy (non-hydrogen) atoms. The summed E-state index contributed by atoms with van der Waals surface area (Å²) in [5, 5.41) is 14.9. The van der Waals surface area contributed by atoms with E-state index in [0.717, 1.165) is 30.1 Å². The number of aryl methyl sites for hydroxylation is 1. The molecule has 0 aromatic carbocycles. The van der Waals surface area contributed by atoms with E-state index in [1.807, 2.05) is 7.05 Å². The van der Waals surface area contributed by atoms with E-state index in [1.165, 1.54) is 0 Å². The number of hydrogen-bond acceptors (Lipinski definition) is 4. The van der Waals surface area contributed by atoms with Crippen LogP contribution in [0.3, 0.4) is 0 Å². The third kappa shape index (κ3) is 3.85. The van der Waals surface area contributed by atoms with Crippen molar-refractivity contribution in [2.24, 2.45) is 0 Å². The molecule has 1 rings (SSSR count). The van der Waals surface area contributed by atoms with E-state index in [4.69, 9.17) is 5.11 Å². The van der Waals surface area contributed by atoms with Crippen molar-refractivity contribution in [2.45, 2.75) is 19.3 Å². The number of nitrogens with one attached hydrogen (secondary N) is 1. The molecular formula is C9H16N2OS. The van der Waals surface area contributed by atoms with Crippen LogP contribution in [0.15, 0.2) is 5.38 Å². The molecule has 0 unspecified atom stereocenters. The Morgan fingerprint density at radius 2 is 2.38 bits per heavy atom. The van der Waals surface area contributed by atoms with Gasteiger partial charge in [-0.15, -0.1) is 11.3 Å². The summed E-state index contributed by atoms with van der Waals surface area (Å²) in [7, 11) is 1.96. The van der Waals surface area contributed by atoms with E-state index in [1.54, 1.807) is 11.3 Å². The van der Waals surface area contributed by atoms with Crippen LogP contribution in [0.5, 0.6) is 0 Å². The number of aliphatic hydroxyl groups excluding tert-OH is 1. The summed E-state index contributed by atoms with van der Waals surface area (Å²) in [5.41, 5.74) is 1.16. The van der Waals surface area contributed by atoms with Gasteiger partial charge in [0.15, 0.2) is 0 Å². The van der Waals surface area contributed by atoms with Crippen LogP contribution in [0.2, 0.25) is 0 Å². The summed E-state index contributed by atoms with van der Waals surface area (Å²) in [6.07, 6.45) is 2.85. The van der Waals surface area contributed by atoms with Crippen LogP contribution in [0.1, 0.15) is 17.1 Å². The highest BCUT2D eigenvalue weighted by Gasteiger charge is 2.00. The van der Waals surface area contributed by atoms with Gasteiger partial charge in [0.1, 0.15) is 0 Å². The maximum Gasteiger partial charge on any atom is 0.0951 e. The standard InChI is InChI=1S/C9H16N2OS/c1-10-5-2-3-8-7-13-9(11-8)4-6-12/h7,10,12H,2-6H2,1H3. The van der Waals surface area contributed by atoms with Gasteiger partial charge >= 0.3 is 0 Å². The second kappa shape index (κ2) is 6.07. The average molecular weight is 200 g/mol. The summed E-state index contributed by atoms with van der Waals surface area (Å²) in [4.78, 5) is 4.40. The number of hydrogen-bond donors (Lipinski definition) is 2. The lowest BCUT2D eigenvalue weighted by Crippen LogP contribution is -2.08. The smallest absolute Gasteiger partial charge is 0.0951 e. The molecule has 0 spiro atoms. The minimum absolute atomic E-state index is 0.198. The maximum absolute atomic E-state index is 8.70. The van der Waals surface area contributed by atoms with Crippen LogP contribution < -0.4 is 5.32 Å². The molecule has 0 aliphatic carbocycles. The zero-order valence-corrected chi connectivity index (χ0v) is 8.73. The van der Waals surface area contributed by atoms with Crippen molar-refractivity contribution in [1.29, 1.82) is 0 Å². The zero-order chi connectivity index (χ0) is 9.52. The highest BCUT2D eigenvalue weighted by molar-refractivity contribution is 7.09. The molecule has 1 aromatic rings. The molecule has 4 heteroatoms. The van der Waals surface area contributed by atoms with Crippen molar-refractivity contribution in [1.82, 2.24) is 10.3 Å². The van der Waals surface area contributed by atoms with Gasteiger partial charge in [-0.05, 0) is 26.4 Å². The molecule has 0 aliphatic heterocycles. The van der Waals surface area contributed by atoms with Crippen molar-refractivity contribution in [3.63, 3.8) is 0 Å². The van der Waals surface area contributed by atoms with Gasteiger partial charge in [0.25, 0.3) is 0 Å². The summed E-state index contributed by atoms with van der Waals surface area (Å²) in [6.45, 7) is 1.23. The first-order valence-corrected chi connectivity index (χ1v) is 5.43. The second-order valence-corrected chi connectivity index (χ2v) is 3.86. The van der Waals surface area contributed by atoms with E-state index in [0.29, 0.717) is 6.42 Å². The van der Waals surface area contributed by atoms with Gasteiger partial charge in [-0.3, -0.25) is 0 Å². The predicted molar refractivity (Wildman–Crippen MR) is 55.2 cm³/mol. The summed E-state index contributed by atoms with van der Waals surface area (Å²) < 4.78 is 0. The quantitative estimate of drug-likeness (QED) is 0.669. The number of aromatic nitrogens is 1. The van der Waals surface area contributed by atoms with Crippen LogP contribution in [-0.4, -0.2) is 30.3 Å². The molecule has 2 N–H and O–H groups in total. The first kappa shape index (κ1) is 10.6. The monoisotopic (exact) mass is 200 g/mol. The minimum atomic E-state index is 0.198. The molecule has 0 fully saturated rings. The van der Waals surface area contributed by atoms with Crippen molar-refractivity contribution in [3.8, 4) is 0 Å². The lowest BCUT2D eigenvalue weighted by molar-refractivity contribution is 0.299. The van der Waals surface area contributed by atoms with Crippen molar-refractivity contribution >= 4 is 11.3 Å². The van der Waals surface area contributed by atoms with Crippen LogP contribution >= 0.6 is 11.3 Å². The van der Waals surface area contributed by atoms with Crippen molar-refractivity contribution in [2.75, 3.05) is 20.2 Å². The molecule has 1 aromatic heterocycles. The van der Waals surface area contributed by atoms with Crippen LogP contribution in [0.4, 0.5) is 0 Å². The third-order valence-corrected chi connectivity index (χ3v) is 2.74. The fourth-order valence-electron chi connectivity index (χ4n) is 1.12. The lowest BCUT2D eigenvalue weighted by atomic mass is 10.2. The van der Waals surface area contributed by atoms with Crippen LogP contribution in [-0.2, 0) is 12.8 Å².